The van der Waals surface area contributed by atoms with Crippen molar-refractivity contribution in [1.29, 1.82) is 0 Å². The SMILES string of the molecule is O=C(Nc1cccc(NC(=O)C23CC4CC(CC(C4)C2)C3)c1)c1ccccc1. The molecule has 6 rings (SSSR count). The van der Waals surface area contributed by atoms with Gasteiger partial charge in [-0.3, -0.25) is 9.59 Å². The molecule has 2 amide bonds. The van der Waals surface area contributed by atoms with Crippen molar-refractivity contribution in [2.45, 2.75) is 38.5 Å². The van der Waals surface area contributed by atoms with Gasteiger partial charge in [0, 0.05) is 16.9 Å². The standard InChI is InChI=1S/C24H26N2O2/c27-22(19-5-2-1-3-6-19)25-20-7-4-8-21(12-20)26-23(28)24-13-16-9-17(14-24)11-18(10-16)15-24/h1-8,12,16-18H,9-11,13-15H2,(H,25,27)(H,26,28). The van der Waals surface area contributed by atoms with E-state index in [1.807, 2.05) is 42.5 Å². The summed E-state index contributed by atoms with van der Waals surface area (Å²) >= 11 is 0. The molecule has 2 N–H and O–H groups in total. The largest absolute Gasteiger partial charge is 0.326 e. The molecule has 4 aliphatic rings. The molecule has 4 heteroatoms. The average molecular weight is 374 g/mol. The molecule has 2 aromatic carbocycles. The molecule has 4 saturated carbocycles. The molecule has 4 fully saturated rings. The van der Waals surface area contributed by atoms with Crippen LogP contribution in [-0.4, -0.2) is 11.8 Å². The first-order chi connectivity index (χ1) is 13.6. The predicted molar refractivity (Wildman–Crippen MR) is 110 cm³/mol. The summed E-state index contributed by atoms with van der Waals surface area (Å²) in [7, 11) is 0. The number of carbonyl (C=O) groups excluding carboxylic acids is 2. The average Bonchev–Trinajstić information content (AvgIpc) is 2.68. The van der Waals surface area contributed by atoms with Gasteiger partial charge in [0.25, 0.3) is 5.91 Å². The third kappa shape index (κ3) is 3.21. The second-order valence-electron chi connectivity index (χ2n) is 9.05. The summed E-state index contributed by atoms with van der Waals surface area (Å²) in [4.78, 5) is 25.6. The van der Waals surface area contributed by atoms with Crippen molar-refractivity contribution in [2.75, 3.05) is 10.6 Å². The first kappa shape index (κ1) is 17.5. The summed E-state index contributed by atoms with van der Waals surface area (Å²) in [5.41, 5.74) is 1.90. The Kier molecular flexibility index (Phi) is 4.22. The Labute approximate surface area is 165 Å². The highest BCUT2D eigenvalue weighted by molar-refractivity contribution is 6.04. The number of amides is 2. The molecule has 0 atom stereocenters. The number of hydrogen-bond acceptors (Lipinski definition) is 2. The number of anilines is 2. The van der Waals surface area contributed by atoms with Crippen LogP contribution in [0.25, 0.3) is 0 Å². The van der Waals surface area contributed by atoms with Gasteiger partial charge in [-0.1, -0.05) is 24.3 Å². The lowest BCUT2D eigenvalue weighted by atomic mass is 9.49. The number of carbonyl (C=O) groups is 2. The van der Waals surface area contributed by atoms with Crippen molar-refractivity contribution >= 4 is 23.2 Å². The summed E-state index contributed by atoms with van der Waals surface area (Å²) < 4.78 is 0. The Bertz CT molecular complexity index is 871. The van der Waals surface area contributed by atoms with E-state index in [1.165, 1.54) is 19.3 Å². The zero-order valence-corrected chi connectivity index (χ0v) is 16.0. The van der Waals surface area contributed by atoms with E-state index in [1.54, 1.807) is 12.1 Å². The van der Waals surface area contributed by atoms with Crippen LogP contribution in [-0.2, 0) is 4.79 Å². The van der Waals surface area contributed by atoms with E-state index in [-0.39, 0.29) is 17.2 Å². The zero-order chi connectivity index (χ0) is 19.1. The van der Waals surface area contributed by atoms with E-state index in [2.05, 4.69) is 10.6 Å². The molecule has 0 heterocycles. The van der Waals surface area contributed by atoms with Crippen molar-refractivity contribution in [3.05, 3.63) is 60.2 Å². The number of nitrogens with one attached hydrogen (secondary N) is 2. The Balaban J connectivity index is 1.29. The zero-order valence-electron chi connectivity index (χ0n) is 16.0. The molecule has 144 valence electrons. The first-order valence-corrected chi connectivity index (χ1v) is 10.4. The molecule has 0 unspecified atom stereocenters. The lowest BCUT2D eigenvalue weighted by molar-refractivity contribution is -0.140. The van der Waals surface area contributed by atoms with Gasteiger partial charge in [0.05, 0.1) is 5.41 Å². The molecule has 0 aliphatic heterocycles. The van der Waals surface area contributed by atoms with Crippen LogP contribution >= 0.6 is 0 Å². The topological polar surface area (TPSA) is 58.2 Å². The van der Waals surface area contributed by atoms with Gasteiger partial charge in [0.15, 0.2) is 0 Å². The molecule has 0 radical (unpaired) electrons. The smallest absolute Gasteiger partial charge is 0.255 e. The Morgan fingerprint density at radius 2 is 1.32 bits per heavy atom. The monoisotopic (exact) mass is 374 g/mol. The highest BCUT2D eigenvalue weighted by Crippen LogP contribution is 2.60. The Hall–Kier alpha value is -2.62. The fraction of sp³-hybridized carbons (Fsp3) is 0.417. The van der Waals surface area contributed by atoms with Crippen molar-refractivity contribution in [1.82, 2.24) is 0 Å². The lowest BCUT2D eigenvalue weighted by Crippen LogP contribution is -2.51. The Morgan fingerprint density at radius 1 is 0.750 bits per heavy atom. The Morgan fingerprint density at radius 3 is 1.93 bits per heavy atom. The molecular weight excluding hydrogens is 348 g/mol. The van der Waals surface area contributed by atoms with E-state index in [9.17, 15) is 9.59 Å². The predicted octanol–water partition coefficient (Wildman–Crippen LogP) is 5.09. The van der Waals surface area contributed by atoms with Crippen LogP contribution in [0.5, 0.6) is 0 Å². The van der Waals surface area contributed by atoms with Crippen LogP contribution in [0.4, 0.5) is 11.4 Å². The van der Waals surface area contributed by atoms with Gasteiger partial charge in [-0.25, -0.2) is 0 Å². The summed E-state index contributed by atoms with van der Waals surface area (Å²) in [6.07, 6.45) is 7.13. The molecule has 28 heavy (non-hydrogen) atoms. The summed E-state index contributed by atoms with van der Waals surface area (Å²) in [5, 5.41) is 6.08. The van der Waals surface area contributed by atoms with Crippen LogP contribution in [0.15, 0.2) is 54.6 Å². The van der Waals surface area contributed by atoms with Gasteiger partial charge in [0.1, 0.15) is 0 Å². The fourth-order valence-corrected chi connectivity index (χ4v) is 6.12. The second kappa shape index (κ2) is 6.77. The van der Waals surface area contributed by atoms with Gasteiger partial charge in [0.2, 0.25) is 5.91 Å². The maximum absolute atomic E-state index is 13.2. The van der Waals surface area contributed by atoms with Crippen molar-refractivity contribution < 1.29 is 9.59 Å². The molecular formula is C24H26N2O2. The molecule has 4 bridgehead atoms. The van der Waals surface area contributed by atoms with Gasteiger partial charge in [-0.2, -0.15) is 0 Å². The summed E-state index contributed by atoms with van der Waals surface area (Å²) in [6, 6.07) is 16.6. The molecule has 4 nitrogen and oxygen atoms in total. The van der Waals surface area contributed by atoms with Crippen molar-refractivity contribution in [3.8, 4) is 0 Å². The fourth-order valence-electron chi connectivity index (χ4n) is 6.12. The van der Waals surface area contributed by atoms with Crippen LogP contribution in [0, 0.1) is 23.2 Å². The van der Waals surface area contributed by atoms with Gasteiger partial charge < -0.3 is 10.6 Å². The molecule has 0 spiro atoms. The van der Waals surface area contributed by atoms with Crippen LogP contribution in [0.2, 0.25) is 0 Å². The van der Waals surface area contributed by atoms with Crippen molar-refractivity contribution in [3.63, 3.8) is 0 Å². The van der Waals surface area contributed by atoms with Crippen LogP contribution in [0.3, 0.4) is 0 Å². The highest BCUT2D eigenvalue weighted by atomic mass is 16.2. The van der Waals surface area contributed by atoms with Crippen LogP contribution in [0.1, 0.15) is 48.9 Å². The molecule has 2 aromatic rings. The maximum Gasteiger partial charge on any atom is 0.255 e. The minimum atomic E-state index is -0.169. The quantitative estimate of drug-likeness (QED) is 0.783. The molecule has 0 aromatic heterocycles. The minimum Gasteiger partial charge on any atom is -0.326 e. The van der Waals surface area contributed by atoms with Crippen molar-refractivity contribution in [2.24, 2.45) is 23.2 Å². The maximum atomic E-state index is 13.2. The highest BCUT2D eigenvalue weighted by Gasteiger charge is 2.54. The van der Waals surface area contributed by atoms with E-state index in [0.717, 1.165) is 42.7 Å². The minimum absolute atomic E-state index is 0.148. The molecule has 4 aliphatic carbocycles. The van der Waals surface area contributed by atoms with E-state index >= 15 is 0 Å². The van der Waals surface area contributed by atoms with Gasteiger partial charge >= 0.3 is 0 Å². The molecule has 0 saturated heterocycles. The normalized spacial score (nSPS) is 30.1. The number of hydrogen-bond donors (Lipinski definition) is 2. The van der Waals surface area contributed by atoms with E-state index < -0.39 is 0 Å². The number of rotatable bonds is 4. The third-order valence-electron chi connectivity index (χ3n) is 6.93. The summed E-state index contributed by atoms with van der Waals surface area (Å²) in [5.74, 6) is 2.26. The summed E-state index contributed by atoms with van der Waals surface area (Å²) in [6.45, 7) is 0. The number of benzene rings is 2. The first-order valence-electron chi connectivity index (χ1n) is 10.4. The second-order valence-corrected chi connectivity index (χ2v) is 9.05. The van der Waals surface area contributed by atoms with Crippen LogP contribution < -0.4 is 10.6 Å². The van der Waals surface area contributed by atoms with E-state index in [4.69, 9.17) is 0 Å². The third-order valence-corrected chi connectivity index (χ3v) is 6.93. The van der Waals surface area contributed by atoms with Gasteiger partial charge in [-0.05, 0) is 86.6 Å². The van der Waals surface area contributed by atoms with Gasteiger partial charge in [-0.15, -0.1) is 0 Å². The lowest BCUT2D eigenvalue weighted by Gasteiger charge is -2.55. The van der Waals surface area contributed by atoms with E-state index in [0.29, 0.717) is 11.3 Å².